The van der Waals surface area contributed by atoms with Crippen molar-refractivity contribution in [3.05, 3.63) is 17.5 Å². The lowest BCUT2D eigenvalue weighted by atomic mass is 10.2. The molecule has 1 aromatic rings. The number of hydrogen-bond donors (Lipinski definition) is 0. The van der Waals surface area contributed by atoms with Gasteiger partial charge in [-0.05, 0) is 13.8 Å². The maximum atomic E-state index is 11.1. The van der Waals surface area contributed by atoms with Crippen LogP contribution in [0.2, 0.25) is 0 Å². The zero-order valence-corrected chi connectivity index (χ0v) is 9.84. The fourth-order valence-corrected chi connectivity index (χ4v) is 1.77. The molecule has 84 valence electrons. The van der Waals surface area contributed by atoms with E-state index in [1.54, 1.807) is 6.92 Å². The van der Waals surface area contributed by atoms with Gasteiger partial charge in [0.25, 0.3) is 0 Å². The van der Waals surface area contributed by atoms with Gasteiger partial charge in [0.1, 0.15) is 9.84 Å². The van der Waals surface area contributed by atoms with E-state index < -0.39 is 9.84 Å². The van der Waals surface area contributed by atoms with Crippen LogP contribution in [-0.2, 0) is 16.4 Å². The molecule has 0 N–H and O–H groups in total. The molecule has 1 aromatic heterocycles. The van der Waals surface area contributed by atoms with Crippen molar-refractivity contribution in [1.82, 2.24) is 9.78 Å². The number of carbonyl (C=O) groups is 1. The van der Waals surface area contributed by atoms with E-state index in [9.17, 15) is 13.2 Å². The SMILES string of the molecule is CC(=O)c1cnn(CCS(C)(=O)=O)c1C. The first-order chi connectivity index (χ1) is 6.81. The van der Waals surface area contributed by atoms with E-state index in [1.807, 2.05) is 0 Å². The third-order valence-corrected chi connectivity index (χ3v) is 3.08. The molecule has 0 atom stereocenters. The molecule has 0 bridgehead atoms. The second-order valence-corrected chi connectivity index (χ2v) is 5.81. The molecular formula is C9H14N2O3S. The number of rotatable bonds is 4. The van der Waals surface area contributed by atoms with Gasteiger partial charge in [-0.25, -0.2) is 8.42 Å². The predicted molar refractivity (Wildman–Crippen MR) is 56.7 cm³/mol. The summed E-state index contributed by atoms with van der Waals surface area (Å²) in [6.07, 6.45) is 2.65. The highest BCUT2D eigenvalue weighted by Gasteiger charge is 2.11. The van der Waals surface area contributed by atoms with Crippen molar-refractivity contribution in [1.29, 1.82) is 0 Å². The lowest BCUT2D eigenvalue weighted by Gasteiger charge is -2.03. The molecule has 0 radical (unpaired) electrons. The summed E-state index contributed by atoms with van der Waals surface area (Å²) in [5.74, 6) is -0.0227. The number of hydrogen-bond acceptors (Lipinski definition) is 4. The molecule has 5 nitrogen and oxygen atoms in total. The molecule has 15 heavy (non-hydrogen) atoms. The van der Waals surface area contributed by atoms with Gasteiger partial charge in [0.05, 0.1) is 24.1 Å². The van der Waals surface area contributed by atoms with Crippen molar-refractivity contribution in [3.63, 3.8) is 0 Å². The van der Waals surface area contributed by atoms with Crippen LogP contribution in [-0.4, -0.2) is 36.0 Å². The van der Waals surface area contributed by atoms with Gasteiger partial charge in [0.2, 0.25) is 0 Å². The smallest absolute Gasteiger partial charge is 0.163 e. The first-order valence-electron chi connectivity index (χ1n) is 4.52. The molecule has 0 aliphatic heterocycles. The molecule has 0 saturated carbocycles. The van der Waals surface area contributed by atoms with Crippen molar-refractivity contribution < 1.29 is 13.2 Å². The highest BCUT2D eigenvalue weighted by molar-refractivity contribution is 7.90. The summed E-state index contributed by atoms with van der Waals surface area (Å²) in [7, 11) is -3.00. The van der Waals surface area contributed by atoms with Gasteiger partial charge in [-0.1, -0.05) is 0 Å². The van der Waals surface area contributed by atoms with Gasteiger partial charge in [0.15, 0.2) is 5.78 Å². The Morgan fingerprint density at radius 1 is 1.53 bits per heavy atom. The minimum atomic E-state index is -3.00. The highest BCUT2D eigenvalue weighted by Crippen LogP contribution is 2.07. The molecule has 0 aliphatic rings. The van der Waals surface area contributed by atoms with E-state index in [1.165, 1.54) is 24.1 Å². The standard InChI is InChI=1S/C9H14N2O3S/c1-7-9(8(2)12)6-10-11(7)4-5-15(3,13)14/h6H,4-5H2,1-3H3. The quantitative estimate of drug-likeness (QED) is 0.704. The van der Waals surface area contributed by atoms with Crippen LogP contribution in [0.3, 0.4) is 0 Å². The minimum Gasteiger partial charge on any atom is -0.294 e. The Labute approximate surface area is 89.0 Å². The third kappa shape index (κ3) is 3.16. The molecule has 1 heterocycles. The van der Waals surface area contributed by atoms with Crippen molar-refractivity contribution >= 4 is 15.6 Å². The van der Waals surface area contributed by atoms with Crippen LogP contribution in [0.1, 0.15) is 23.0 Å². The van der Waals surface area contributed by atoms with Crippen molar-refractivity contribution in [2.24, 2.45) is 0 Å². The summed E-state index contributed by atoms with van der Waals surface area (Å²) in [5.41, 5.74) is 1.26. The number of Topliss-reactive ketones (excluding diaryl/α,β-unsaturated/α-hetero) is 1. The fraction of sp³-hybridized carbons (Fsp3) is 0.556. The van der Waals surface area contributed by atoms with Crippen molar-refractivity contribution in [2.75, 3.05) is 12.0 Å². The van der Waals surface area contributed by atoms with E-state index >= 15 is 0 Å². The summed E-state index contributed by atoms with van der Waals surface area (Å²) in [6.45, 7) is 3.51. The average molecular weight is 230 g/mol. The van der Waals surface area contributed by atoms with Gasteiger partial charge >= 0.3 is 0 Å². The van der Waals surface area contributed by atoms with Crippen LogP contribution in [0.5, 0.6) is 0 Å². The predicted octanol–water partition coefficient (Wildman–Crippen LogP) is 0.439. The number of nitrogens with zero attached hydrogens (tertiary/aromatic N) is 2. The van der Waals surface area contributed by atoms with Crippen LogP contribution in [0.25, 0.3) is 0 Å². The van der Waals surface area contributed by atoms with Crippen molar-refractivity contribution in [2.45, 2.75) is 20.4 Å². The van der Waals surface area contributed by atoms with Crippen LogP contribution in [0, 0.1) is 6.92 Å². The van der Waals surface area contributed by atoms with E-state index in [2.05, 4.69) is 5.10 Å². The maximum absolute atomic E-state index is 11.1. The lowest BCUT2D eigenvalue weighted by Crippen LogP contribution is -2.13. The van der Waals surface area contributed by atoms with E-state index in [-0.39, 0.29) is 18.1 Å². The number of aromatic nitrogens is 2. The Morgan fingerprint density at radius 3 is 2.53 bits per heavy atom. The summed E-state index contributed by atoms with van der Waals surface area (Å²) >= 11 is 0. The summed E-state index contributed by atoms with van der Waals surface area (Å²) in [6, 6.07) is 0. The third-order valence-electron chi connectivity index (χ3n) is 2.16. The number of ketones is 1. The molecule has 0 amide bonds. The van der Waals surface area contributed by atoms with E-state index in [4.69, 9.17) is 0 Å². The van der Waals surface area contributed by atoms with E-state index in [0.717, 1.165) is 0 Å². The minimum absolute atomic E-state index is 0.0346. The molecule has 0 aliphatic carbocycles. The van der Waals surface area contributed by atoms with Gasteiger partial charge in [-0.3, -0.25) is 9.48 Å². The van der Waals surface area contributed by atoms with Gasteiger partial charge in [-0.15, -0.1) is 0 Å². The first-order valence-corrected chi connectivity index (χ1v) is 6.58. The summed E-state index contributed by atoms with van der Waals surface area (Å²) in [5, 5.41) is 3.97. The van der Waals surface area contributed by atoms with Gasteiger partial charge in [-0.2, -0.15) is 5.10 Å². The second kappa shape index (κ2) is 4.14. The molecule has 0 spiro atoms. The first kappa shape index (κ1) is 11.9. The van der Waals surface area contributed by atoms with Crippen LogP contribution >= 0.6 is 0 Å². The Morgan fingerprint density at radius 2 is 2.13 bits per heavy atom. The summed E-state index contributed by atoms with van der Waals surface area (Å²) in [4.78, 5) is 11.1. The highest BCUT2D eigenvalue weighted by atomic mass is 32.2. The Kier molecular flexibility index (Phi) is 3.28. The van der Waals surface area contributed by atoms with Crippen LogP contribution in [0.4, 0.5) is 0 Å². The molecule has 0 saturated heterocycles. The monoisotopic (exact) mass is 230 g/mol. The van der Waals surface area contributed by atoms with Gasteiger partial charge in [0, 0.05) is 11.9 Å². The number of carbonyl (C=O) groups excluding carboxylic acids is 1. The lowest BCUT2D eigenvalue weighted by molar-refractivity contribution is 0.101. The molecule has 1 rings (SSSR count). The fourth-order valence-electron chi connectivity index (χ4n) is 1.27. The zero-order valence-electron chi connectivity index (χ0n) is 9.02. The Hall–Kier alpha value is -1.17. The van der Waals surface area contributed by atoms with Gasteiger partial charge < -0.3 is 0 Å². The topological polar surface area (TPSA) is 69.0 Å². The zero-order chi connectivity index (χ0) is 11.6. The van der Waals surface area contributed by atoms with Crippen molar-refractivity contribution in [3.8, 4) is 0 Å². The average Bonchev–Trinajstić information content (AvgIpc) is 2.42. The number of sulfone groups is 1. The Balaban J connectivity index is 2.84. The van der Waals surface area contributed by atoms with Crippen LogP contribution in [0.15, 0.2) is 6.20 Å². The van der Waals surface area contributed by atoms with E-state index in [0.29, 0.717) is 11.3 Å². The largest absolute Gasteiger partial charge is 0.294 e. The summed E-state index contributed by atoms with van der Waals surface area (Å²) < 4.78 is 23.4. The molecule has 6 heteroatoms. The van der Waals surface area contributed by atoms with Crippen LogP contribution < -0.4 is 0 Å². The molecule has 0 fully saturated rings. The number of aryl methyl sites for hydroxylation is 1. The maximum Gasteiger partial charge on any atom is 0.163 e. The Bertz CT molecular complexity index is 474. The molecule has 0 unspecified atom stereocenters. The second-order valence-electron chi connectivity index (χ2n) is 3.55. The molecular weight excluding hydrogens is 216 g/mol. The molecule has 0 aromatic carbocycles. The normalized spacial score (nSPS) is 11.7.